The summed E-state index contributed by atoms with van der Waals surface area (Å²) in [4.78, 5) is 21.3. The smallest absolute Gasteiger partial charge is 0.307 e. The Morgan fingerprint density at radius 1 is 1.19 bits per heavy atom. The number of carbonyl (C=O) groups excluding carboxylic acids is 1. The maximum atomic E-state index is 13.7. The van der Waals surface area contributed by atoms with Gasteiger partial charge in [0.15, 0.2) is 0 Å². The molecule has 7 heteroatoms. The summed E-state index contributed by atoms with van der Waals surface area (Å²) in [6.45, 7) is 1.81. The molecular weight excluding hydrogens is 282 g/mol. The van der Waals surface area contributed by atoms with Crippen molar-refractivity contribution >= 4 is 17.3 Å². The van der Waals surface area contributed by atoms with Crippen molar-refractivity contribution in [2.45, 2.75) is 6.92 Å². The lowest BCUT2D eigenvalue weighted by atomic mass is 10.1. The third kappa shape index (κ3) is 3.19. The highest BCUT2D eigenvalue weighted by Gasteiger charge is 2.22. The molecule has 0 bridgehead atoms. The Morgan fingerprint density at radius 2 is 1.90 bits per heavy atom. The molecule has 2 aromatic carbocycles. The van der Waals surface area contributed by atoms with E-state index in [0.717, 1.165) is 5.56 Å². The highest BCUT2D eigenvalue weighted by atomic mass is 19.1. The average Bonchev–Trinajstić information content (AvgIpc) is 2.40. The van der Waals surface area contributed by atoms with Gasteiger partial charge in [0, 0.05) is 5.69 Å². The predicted molar refractivity (Wildman–Crippen MR) is 72.1 cm³/mol. The van der Waals surface area contributed by atoms with Gasteiger partial charge >= 0.3 is 5.69 Å². The largest absolute Gasteiger partial charge is 0.322 e. The summed E-state index contributed by atoms with van der Waals surface area (Å²) in [5.41, 5.74) is -0.319. The van der Waals surface area contributed by atoms with Crippen LogP contribution >= 0.6 is 0 Å². The number of nitrogens with zero attached hydrogens (tertiary/aromatic N) is 1. The Balaban J connectivity index is 2.31. The molecule has 1 N–H and O–H groups in total. The number of nitrogens with one attached hydrogen (secondary N) is 1. The molecule has 108 valence electrons. The van der Waals surface area contributed by atoms with Crippen molar-refractivity contribution in [3.63, 3.8) is 0 Å². The summed E-state index contributed by atoms with van der Waals surface area (Å²) in [6.07, 6.45) is 0. The number of halogens is 2. The fourth-order valence-electron chi connectivity index (χ4n) is 1.77. The number of carbonyl (C=O) groups is 1. The van der Waals surface area contributed by atoms with Crippen LogP contribution in [-0.4, -0.2) is 10.8 Å². The first kappa shape index (κ1) is 14.6. The molecule has 0 aliphatic carbocycles. The van der Waals surface area contributed by atoms with Crippen LogP contribution < -0.4 is 5.32 Å². The molecule has 0 saturated heterocycles. The van der Waals surface area contributed by atoms with Crippen LogP contribution in [0.15, 0.2) is 36.4 Å². The van der Waals surface area contributed by atoms with E-state index in [1.807, 2.05) is 13.0 Å². The quantitative estimate of drug-likeness (QED) is 0.695. The van der Waals surface area contributed by atoms with Crippen LogP contribution in [0.25, 0.3) is 0 Å². The number of amides is 1. The Labute approximate surface area is 118 Å². The summed E-state index contributed by atoms with van der Waals surface area (Å²) < 4.78 is 27.1. The van der Waals surface area contributed by atoms with Crippen molar-refractivity contribution in [2.75, 3.05) is 5.32 Å². The molecule has 0 aliphatic rings. The first-order chi connectivity index (χ1) is 9.88. The van der Waals surface area contributed by atoms with Crippen LogP contribution in [0, 0.1) is 28.7 Å². The van der Waals surface area contributed by atoms with Crippen LogP contribution in [0.5, 0.6) is 0 Å². The van der Waals surface area contributed by atoms with E-state index >= 15 is 0 Å². The molecule has 0 fully saturated rings. The minimum absolute atomic E-state index is 0.389. The Hall–Kier alpha value is -2.83. The molecule has 0 radical (unpaired) electrons. The zero-order chi connectivity index (χ0) is 15.6. The average molecular weight is 292 g/mol. The second-order valence-electron chi connectivity index (χ2n) is 4.36. The Kier molecular flexibility index (Phi) is 3.93. The molecular formula is C14H10F2N2O3. The monoisotopic (exact) mass is 292 g/mol. The molecule has 0 spiro atoms. The van der Waals surface area contributed by atoms with Crippen molar-refractivity contribution in [3.05, 3.63) is 69.3 Å². The number of nitro groups is 1. The molecule has 2 aromatic rings. The number of aryl methyl sites for hydroxylation is 1. The van der Waals surface area contributed by atoms with Gasteiger partial charge in [-0.05, 0) is 30.7 Å². The van der Waals surface area contributed by atoms with Gasteiger partial charge in [-0.1, -0.05) is 12.1 Å². The van der Waals surface area contributed by atoms with Crippen molar-refractivity contribution in [3.8, 4) is 0 Å². The van der Waals surface area contributed by atoms with E-state index in [0.29, 0.717) is 17.8 Å². The summed E-state index contributed by atoms with van der Waals surface area (Å²) >= 11 is 0. The zero-order valence-corrected chi connectivity index (χ0v) is 10.9. The van der Waals surface area contributed by atoms with E-state index in [4.69, 9.17) is 0 Å². The van der Waals surface area contributed by atoms with Crippen LogP contribution in [-0.2, 0) is 0 Å². The normalized spacial score (nSPS) is 10.2. The van der Waals surface area contributed by atoms with E-state index in [1.54, 1.807) is 18.2 Å². The lowest BCUT2D eigenvalue weighted by Crippen LogP contribution is -2.14. The van der Waals surface area contributed by atoms with Gasteiger partial charge in [-0.15, -0.1) is 0 Å². The van der Waals surface area contributed by atoms with Crippen molar-refractivity contribution in [1.29, 1.82) is 0 Å². The van der Waals surface area contributed by atoms with Gasteiger partial charge in [-0.25, -0.2) is 4.39 Å². The lowest BCUT2D eigenvalue weighted by molar-refractivity contribution is -0.387. The van der Waals surface area contributed by atoms with E-state index < -0.39 is 33.7 Å². The van der Waals surface area contributed by atoms with Gasteiger partial charge in [0.25, 0.3) is 5.91 Å². The lowest BCUT2D eigenvalue weighted by Gasteiger charge is -2.07. The zero-order valence-electron chi connectivity index (χ0n) is 10.9. The predicted octanol–water partition coefficient (Wildman–Crippen LogP) is 3.43. The Bertz CT molecular complexity index is 732. The molecule has 0 atom stereocenters. The van der Waals surface area contributed by atoms with Gasteiger partial charge in [0.05, 0.1) is 16.6 Å². The molecule has 0 unspecified atom stereocenters. The fourth-order valence-corrected chi connectivity index (χ4v) is 1.77. The number of benzene rings is 2. The maximum Gasteiger partial charge on any atom is 0.307 e. The summed E-state index contributed by atoms with van der Waals surface area (Å²) in [5.74, 6) is -3.31. The first-order valence-corrected chi connectivity index (χ1v) is 5.90. The fraction of sp³-hybridized carbons (Fsp3) is 0.0714. The molecule has 1 amide bonds. The molecule has 2 rings (SSSR count). The molecule has 0 aliphatic heterocycles. The topological polar surface area (TPSA) is 72.2 Å². The minimum Gasteiger partial charge on any atom is -0.322 e. The van der Waals surface area contributed by atoms with Crippen LogP contribution in [0.3, 0.4) is 0 Å². The third-order valence-corrected chi connectivity index (χ3v) is 2.75. The first-order valence-electron chi connectivity index (χ1n) is 5.90. The number of hydrogen-bond acceptors (Lipinski definition) is 3. The van der Waals surface area contributed by atoms with E-state index in [1.165, 1.54) is 0 Å². The highest BCUT2D eigenvalue weighted by Crippen LogP contribution is 2.22. The second kappa shape index (κ2) is 5.66. The number of nitro benzene ring substituents is 1. The van der Waals surface area contributed by atoms with Crippen molar-refractivity contribution < 1.29 is 18.5 Å². The van der Waals surface area contributed by atoms with E-state index in [9.17, 15) is 23.7 Å². The van der Waals surface area contributed by atoms with Crippen LogP contribution in [0.1, 0.15) is 15.9 Å². The van der Waals surface area contributed by atoms with Crippen LogP contribution in [0.4, 0.5) is 20.2 Å². The molecule has 0 aromatic heterocycles. The number of hydrogen-bond donors (Lipinski definition) is 1. The summed E-state index contributed by atoms with van der Waals surface area (Å²) in [6, 6.07) is 7.64. The van der Waals surface area contributed by atoms with Gasteiger partial charge in [0.2, 0.25) is 5.82 Å². The summed E-state index contributed by atoms with van der Waals surface area (Å²) in [7, 11) is 0. The van der Waals surface area contributed by atoms with Gasteiger partial charge in [0.1, 0.15) is 5.82 Å². The van der Waals surface area contributed by atoms with Gasteiger partial charge < -0.3 is 5.32 Å². The van der Waals surface area contributed by atoms with Crippen LogP contribution in [0.2, 0.25) is 0 Å². The number of anilines is 1. The number of rotatable bonds is 3. The summed E-state index contributed by atoms with van der Waals surface area (Å²) in [5, 5.41) is 12.9. The van der Waals surface area contributed by atoms with E-state index in [-0.39, 0.29) is 0 Å². The van der Waals surface area contributed by atoms with Crippen molar-refractivity contribution in [1.82, 2.24) is 0 Å². The highest BCUT2D eigenvalue weighted by molar-refractivity contribution is 6.04. The molecule has 21 heavy (non-hydrogen) atoms. The van der Waals surface area contributed by atoms with E-state index in [2.05, 4.69) is 5.32 Å². The van der Waals surface area contributed by atoms with Crippen molar-refractivity contribution in [2.24, 2.45) is 0 Å². The van der Waals surface area contributed by atoms with Gasteiger partial charge in [-0.2, -0.15) is 4.39 Å². The molecule has 5 nitrogen and oxygen atoms in total. The van der Waals surface area contributed by atoms with Gasteiger partial charge in [-0.3, -0.25) is 14.9 Å². The SMILES string of the molecule is Cc1cccc(NC(=O)c2cc(F)c([N+](=O)[O-])cc2F)c1. The standard InChI is InChI=1S/C14H10F2N2O3/c1-8-3-2-4-9(5-8)17-14(19)10-6-12(16)13(18(20)21)7-11(10)15/h2-7H,1H3,(H,17,19). The maximum absolute atomic E-state index is 13.7. The minimum atomic E-state index is -1.27. The third-order valence-electron chi connectivity index (χ3n) is 2.75. The molecule has 0 saturated carbocycles. The Morgan fingerprint density at radius 3 is 2.52 bits per heavy atom. The second-order valence-corrected chi connectivity index (χ2v) is 4.36. The molecule has 0 heterocycles.